The Morgan fingerprint density at radius 3 is 2.75 bits per heavy atom. The monoisotopic (exact) mass is 227 g/mol. The van der Waals surface area contributed by atoms with Crippen molar-refractivity contribution in [1.29, 1.82) is 0 Å². The van der Waals surface area contributed by atoms with Gasteiger partial charge in [-0.05, 0) is 19.8 Å². The zero-order valence-electron chi connectivity index (χ0n) is 10.6. The summed E-state index contributed by atoms with van der Waals surface area (Å²) in [4.78, 5) is 13.8. The molecule has 1 heterocycles. The average molecular weight is 227 g/mol. The van der Waals surface area contributed by atoms with E-state index in [9.17, 15) is 4.79 Å². The van der Waals surface area contributed by atoms with Gasteiger partial charge in [-0.25, -0.2) is 0 Å². The summed E-state index contributed by atoms with van der Waals surface area (Å²) in [6.45, 7) is 4.87. The largest absolute Gasteiger partial charge is 0.395 e. The maximum Gasteiger partial charge on any atom is 0.226 e. The predicted octanol–water partition coefficient (Wildman–Crippen LogP) is 2.19. The Balaban J connectivity index is 2.31. The van der Waals surface area contributed by atoms with Crippen molar-refractivity contribution in [3.8, 4) is 0 Å². The molecule has 1 aliphatic rings. The summed E-state index contributed by atoms with van der Waals surface area (Å²) in [5.41, 5.74) is 0. The Morgan fingerprint density at radius 1 is 1.38 bits per heavy atom. The first kappa shape index (κ1) is 13.5. The van der Waals surface area contributed by atoms with Crippen molar-refractivity contribution in [2.45, 2.75) is 58.4 Å². The van der Waals surface area contributed by atoms with Gasteiger partial charge in [0, 0.05) is 18.5 Å². The minimum atomic E-state index is 0.0820. The van der Waals surface area contributed by atoms with E-state index in [0.717, 1.165) is 12.8 Å². The van der Waals surface area contributed by atoms with Crippen LogP contribution in [0.2, 0.25) is 0 Å². The predicted molar refractivity (Wildman–Crippen MR) is 65.1 cm³/mol. The molecule has 1 aliphatic heterocycles. The number of aliphatic hydroxyl groups is 1. The van der Waals surface area contributed by atoms with Crippen LogP contribution in [0.1, 0.15) is 52.4 Å². The highest BCUT2D eigenvalue weighted by atomic mass is 16.3. The van der Waals surface area contributed by atoms with E-state index in [4.69, 9.17) is 5.11 Å². The van der Waals surface area contributed by atoms with Crippen molar-refractivity contribution in [3.05, 3.63) is 0 Å². The highest BCUT2D eigenvalue weighted by Crippen LogP contribution is 2.28. The fourth-order valence-corrected chi connectivity index (χ4v) is 2.59. The van der Waals surface area contributed by atoms with Gasteiger partial charge in [0.15, 0.2) is 0 Å². The molecule has 3 heteroatoms. The number of β-amino-alcohol motifs (C(OH)–C–C–N with tert-alkyl or cyclic N) is 1. The van der Waals surface area contributed by atoms with Crippen LogP contribution in [-0.2, 0) is 4.79 Å². The Hall–Kier alpha value is -0.570. The second-order valence-corrected chi connectivity index (χ2v) is 4.89. The number of nitrogens with zero attached hydrogens (tertiary/aromatic N) is 1. The Kier molecular flexibility index (Phi) is 5.81. The molecular formula is C13H25NO2. The summed E-state index contributed by atoms with van der Waals surface area (Å²) in [6.07, 6.45) is 6.94. The summed E-state index contributed by atoms with van der Waals surface area (Å²) in [5, 5.41) is 8.90. The highest BCUT2D eigenvalue weighted by Gasteiger charge is 2.35. The molecular weight excluding hydrogens is 202 g/mol. The molecule has 2 atom stereocenters. The van der Waals surface area contributed by atoms with Gasteiger partial charge < -0.3 is 10.0 Å². The fourth-order valence-electron chi connectivity index (χ4n) is 2.59. The van der Waals surface area contributed by atoms with Gasteiger partial charge in [-0.2, -0.15) is 0 Å². The van der Waals surface area contributed by atoms with E-state index >= 15 is 0 Å². The first-order valence-corrected chi connectivity index (χ1v) is 6.62. The van der Waals surface area contributed by atoms with Crippen LogP contribution >= 0.6 is 0 Å². The number of carbonyl (C=O) groups is 1. The molecule has 0 aromatic rings. The van der Waals surface area contributed by atoms with Gasteiger partial charge in [-0.3, -0.25) is 4.79 Å². The second kappa shape index (κ2) is 6.89. The highest BCUT2D eigenvalue weighted by molar-refractivity contribution is 5.81. The van der Waals surface area contributed by atoms with Crippen LogP contribution in [0.3, 0.4) is 0 Å². The fraction of sp³-hybridized carbons (Fsp3) is 0.923. The van der Waals surface area contributed by atoms with E-state index in [-0.39, 0.29) is 18.4 Å². The van der Waals surface area contributed by atoms with Crippen molar-refractivity contribution in [3.63, 3.8) is 0 Å². The minimum absolute atomic E-state index is 0.0820. The molecule has 1 rings (SSSR count). The van der Waals surface area contributed by atoms with Crippen LogP contribution in [0.5, 0.6) is 0 Å². The van der Waals surface area contributed by atoms with Gasteiger partial charge in [0.1, 0.15) is 0 Å². The summed E-state index contributed by atoms with van der Waals surface area (Å²) in [5.74, 6) is 0.483. The summed E-state index contributed by atoms with van der Waals surface area (Å²) in [6, 6.07) is 0.316. The first-order valence-electron chi connectivity index (χ1n) is 6.62. The van der Waals surface area contributed by atoms with Crippen LogP contribution < -0.4 is 0 Å². The van der Waals surface area contributed by atoms with Crippen molar-refractivity contribution in [1.82, 2.24) is 4.90 Å². The van der Waals surface area contributed by atoms with Crippen LogP contribution in [0.15, 0.2) is 0 Å². The molecule has 0 aromatic heterocycles. The normalized spacial score (nSPS) is 25.4. The smallest absolute Gasteiger partial charge is 0.226 e. The lowest BCUT2D eigenvalue weighted by molar-refractivity contribution is -0.132. The third-order valence-electron chi connectivity index (χ3n) is 3.54. The minimum Gasteiger partial charge on any atom is -0.395 e. The maximum absolute atomic E-state index is 12.0. The van der Waals surface area contributed by atoms with E-state index < -0.39 is 0 Å². The second-order valence-electron chi connectivity index (χ2n) is 4.89. The van der Waals surface area contributed by atoms with E-state index in [2.05, 4.69) is 13.8 Å². The lowest BCUT2D eigenvalue weighted by Crippen LogP contribution is -2.34. The SMILES string of the molecule is CCCCCC[C@@H]1C[C@@H](C)N(CCO)C1=O. The van der Waals surface area contributed by atoms with Gasteiger partial charge in [-0.15, -0.1) is 0 Å². The topological polar surface area (TPSA) is 40.5 Å². The maximum atomic E-state index is 12.0. The molecule has 0 aromatic carbocycles. The van der Waals surface area contributed by atoms with Gasteiger partial charge in [0.25, 0.3) is 0 Å². The molecule has 0 unspecified atom stereocenters. The van der Waals surface area contributed by atoms with Crippen LogP contribution in [0.4, 0.5) is 0 Å². The van der Waals surface area contributed by atoms with Gasteiger partial charge in [-0.1, -0.05) is 32.6 Å². The number of hydrogen-bond donors (Lipinski definition) is 1. The number of carbonyl (C=O) groups excluding carboxylic acids is 1. The number of amides is 1. The van der Waals surface area contributed by atoms with Crippen LogP contribution in [0.25, 0.3) is 0 Å². The lowest BCUT2D eigenvalue weighted by atomic mass is 9.98. The third-order valence-corrected chi connectivity index (χ3v) is 3.54. The zero-order chi connectivity index (χ0) is 12.0. The molecule has 1 fully saturated rings. The molecule has 0 spiro atoms. The van der Waals surface area contributed by atoms with Crippen molar-refractivity contribution >= 4 is 5.91 Å². The van der Waals surface area contributed by atoms with Crippen LogP contribution in [-0.4, -0.2) is 35.1 Å². The quantitative estimate of drug-likeness (QED) is 0.677. The standard InChI is InChI=1S/C13H25NO2/c1-3-4-5-6-7-12-10-11(2)14(8-9-15)13(12)16/h11-12,15H,3-10H2,1-2H3/t11-,12-/m1/s1. The Labute approximate surface area is 98.8 Å². The number of hydrogen-bond acceptors (Lipinski definition) is 2. The molecule has 0 radical (unpaired) electrons. The molecule has 94 valence electrons. The van der Waals surface area contributed by atoms with E-state index in [1.165, 1.54) is 25.7 Å². The van der Waals surface area contributed by atoms with E-state index in [1.54, 1.807) is 0 Å². The molecule has 0 saturated carbocycles. The molecule has 1 amide bonds. The van der Waals surface area contributed by atoms with Crippen molar-refractivity contribution in [2.24, 2.45) is 5.92 Å². The molecule has 0 aliphatic carbocycles. The average Bonchev–Trinajstić information content (AvgIpc) is 2.53. The number of likely N-dealkylation sites (tertiary alicyclic amines) is 1. The molecule has 3 nitrogen and oxygen atoms in total. The first-order chi connectivity index (χ1) is 7.70. The molecule has 16 heavy (non-hydrogen) atoms. The van der Waals surface area contributed by atoms with E-state index in [1.807, 2.05) is 4.90 Å². The van der Waals surface area contributed by atoms with Gasteiger partial charge >= 0.3 is 0 Å². The van der Waals surface area contributed by atoms with E-state index in [0.29, 0.717) is 12.6 Å². The lowest BCUT2D eigenvalue weighted by Gasteiger charge is -2.20. The van der Waals surface area contributed by atoms with Gasteiger partial charge in [0.05, 0.1) is 6.61 Å². The van der Waals surface area contributed by atoms with Crippen LogP contribution in [0, 0.1) is 5.92 Å². The number of rotatable bonds is 7. The molecule has 1 N–H and O–H groups in total. The Morgan fingerprint density at radius 2 is 2.12 bits per heavy atom. The third kappa shape index (κ3) is 3.48. The van der Waals surface area contributed by atoms with Gasteiger partial charge in [0.2, 0.25) is 5.91 Å². The number of aliphatic hydroxyl groups excluding tert-OH is 1. The van der Waals surface area contributed by atoms with Crippen molar-refractivity contribution in [2.75, 3.05) is 13.2 Å². The number of unbranched alkanes of at least 4 members (excludes halogenated alkanes) is 3. The summed E-state index contributed by atoms with van der Waals surface area (Å²) < 4.78 is 0. The zero-order valence-corrected chi connectivity index (χ0v) is 10.6. The van der Waals surface area contributed by atoms with Crippen molar-refractivity contribution < 1.29 is 9.90 Å². The Bertz CT molecular complexity index is 218. The molecule has 0 bridgehead atoms. The summed E-state index contributed by atoms with van der Waals surface area (Å²) >= 11 is 0. The summed E-state index contributed by atoms with van der Waals surface area (Å²) in [7, 11) is 0. The molecule has 1 saturated heterocycles.